The van der Waals surface area contributed by atoms with Gasteiger partial charge in [0.15, 0.2) is 16.8 Å². The normalized spacial score (nSPS) is 11.5. The predicted octanol–water partition coefficient (Wildman–Crippen LogP) is 7.12. The molecule has 28 heavy (non-hydrogen) atoms. The van der Waals surface area contributed by atoms with Crippen molar-refractivity contribution in [2.75, 3.05) is 26.4 Å². The van der Waals surface area contributed by atoms with Crippen molar-refractivity contribution in [1.29, 1.82) is 0 Å². The smallest absolute Gasteiger partial charge is 0.175 e. The Morgan fingerprint density at radius 3 is 1.04 bits per heavy atom. The largest absolute Gasteiger partial charge is 0.334 e. The summed E-state index contributed by atoms with van der Waals surface area (Å²) in [6.07, 6.45) is 1.66. The number of rotatable bonds is 13. The van der Waals surface area contributed by atoms with Crippen LogP contribution in [0, 0.1) is 0 Å². The van der Waals surface area contributed by atoms with Gasteiger partial charge < -0.3 is 18.1 Å². The third kappa shape index (κ3) is 7.87. The van der Waals surface area contributed by atoms with Crippen LogP contribution in [0.1, 0.15) is 38.8 Å². The van der Waals surface area contributed by atoms with E-state index < -0.39 is 16.8 Å². The molecule has 0 amide bonds. The van der Waals surface area contributed by atoms with Crippen LogP contribution in [0.3, 0.4) is 0 Å². The molecule has 0 fully saturated rings. The van der Waals surface area contributed by atoms with Gasteiger partial charge in [-0.15, -0.1) is 0 Å². The van der Waals surface area contributed by atoms with Crippen LogP contribution in [0.4, 0.5) is 0 Å². The van der Waals surface area contributed by atoms with Crippen molar-refractivity contribution in [2.24, 2.45) is 0 Å². The van der Waals surface area contributed by atoms with Crippen LogP contribution in [-0.4, -0.2) is 26.4 Å². The van der Waals surface area contributed by atoms with Crippen LogP contribution in [0.2, 0.25) is 0 Å². The Kier molecular flexibility index (Phi) is 11.2. The molecule has 0 radical (unpaired) electrons. The molecule has 2 aromatic carbocycles. The summed E-state index contributed by atoms with van der Waals surface area (Å²) in [6.45, 7) is 10.8. The first-order valence-corrected chi connectivity index (χ1v) is 12.7. The van der Waals surface area contributed by atoms with Crippen LogP contribution >= 0.6 is 16.8 Å². The molecule has 2 aromatic rings. The lowest BCUT2D eigenvalue weighted by Crippen LogP contribution is -1.95. The highest BCUT2D eigenvalue weighted by molar-refractivity contribution is 7.46. The maximum absolute atomic E-state index is 5.70. The molecule has 0 aliphatic heterocycles. The first kappa shape index (κ1) is 23.4. The summed E-state index contributed by atoms with van der Waals surface area (Å²) >= 11 is 0. The Hall–Kier alpha value is -0.860. The van der Waals surface area contributed by atoms with Crippen LogP contribution in [0.15, 0.2) is 48.5 Å². The molecule has 0 aliphatic carbocycles. The van der Waals surface area contributed by atoms with Crippen molar-refractivity contribution in [2.45, 2.75) is 40.0 Å². The van der Waals surface area contributed by atoms with Crippen LogP contribution in [0.25, 0.3) is 11.1 Å². The topological polar surface area (TPSA) is 36.9 Å². The first-order chi connectivity index (χ1) is 13.7. The fourth-order valence-corrected chi connectivity index (χ4v) is 5.42. The standard InChI is InChI=1S/C22H32O4P2/c1-5-23-27(24-6-2)17-19-9-13-21(14-10-19)22-15-11-20(12-16-22)18-28(25-7-3)26-8-4/h9-16H,5-8,17-18H2,1-4H3. The van der Waals surface area contributed by atoms with E-state index >= 15 is 0 Å². The molecule has 0 unspecified atom stereocenters. The summed E-state index contributed by atoms with van der Waals surface area (Å²) in [5.41, 5.74) is 4.91. The van der Waals surface area contributed by atoms with E-state index in [0.717, 1.165) is 12.3 Å². The second kappa shape index (κ2) is 13.4. The lowest BCUT2D eigenvalue weighted by molar-refractivity contribution is 0.268. The molecule has 154 valence electrons. The van der Waals surface area contributed by atoms with E-state index in [4.69, 9.17) is 18.1 Å². The van der Waals surface area contributed by atoms with Gasteiger partial charge in [0.05, 0.1) is 26.4 Å². The van der Waals surface area contributed by atoms with Gasteiger partial charge in [0, 0.05) is 12.3 Å². The molecule has 0 spiro atoms. The van der Waals surface area contributed by atoms with E-state index in [1.165, 1.54) is 22.3 Å². The molecular formula is C22H32O4P2. The van der Waals surface area contributed by atoms with Crippen molar-refractivity contribution in [3.63, 3.8) is 0 Å². The Morgan fingerprint density at radius 2 is 0.786 bits per heavy atom. The molecule has 0 bridgehead atoms. The summed E-state index contributed by atoms with van der Waals surface area (Å²) in [5.74, 6) is 0. The Balaban J connectivity index is 1.99. The summed E-state index contributed by atoms with van der Waals surface area (Å²) in [4.78, 5) is 0. The van der Waals surface area contributed by atoms with Crippen molar-refractivity contribution >= 4 is 16.8 Å². The van der Waals surface area contributed by atoms with E-state index in [1.54, 1.807) is 0 Å². The minimum Gasteiger partial charge on any atom is -0.334 e. The molecule has 6 heteroatoms. The quantitative estimate of drug-likeness (QED) is 0.322. The highest BCUT2D eigenvalue weighted by Crippen LogP contribution is 2.43. The molecular weight excluding hydrogens is 390 g/mol. The molecule has 0 atom stereocenters. The lowest BCUT2D eigenvalue weighted by Gasteiger charge is -2.16. The van der Waals surface area contributed by atoms with Gasteiger partial charge in [-0.1, -0.05) is 48.5 Å². The molecule has 0 heterocycles. The van der Waals surface area contributed by atoms with Crippen LogP contribution < -0.4 is 0 Å². The summed E-state index contributed by atoms with van der Waals surface area (Å²) in [6, 6.07) is 17.3. The van der Waals surface area contributed by atoms with Crippen molar-refractivity contribution < 1.29 is 18.1 Å². The minimum absolute atomic E-state index is 0.685. The van der Waals surface area contributed by atoms with E-state index in [0.29, 0.717) is 26.4 Å². The van der Waals surface area contributed by atoms with Gasteiger partial charge in [-0.2, -0.15) is 0 Å². The zero-order chi connectivity index (χ0) is 20.2. The minimum atomic E-state index is -0.843. The molecule has 0 saturated carbocycles. The van der Waals surface area contributed by atoms with Crippen LogP contribution in [0.5, 0.6) is 0 Å². The van der Waals surface area contributed by atoms with Gasteiger partial charge in [0.2, 0.25) is 0 Å². The Bertz CT molecular complexity index is 590. The SMILES string of the molecule is CCOP(Cc1ccc(-c2ccc(CP(OCC)OCC)cc2)cc1)OCC. The highest BCUT2D eigenvalue weighted by atomic mass is 31.2. The van der Waals surface area contributed by atoms with Gasteiger partial charge in [-0.25, -0.2) is 0 Å². The summed E-state index contributed by atoms with van der Waals surface area (Å²) < 4.78 is 22.8. The fraction of sp³-hybridized carbons (Fsp3) is 0.455. The summed E-state index contributed by atoms with van der Waals surface area (Å²) in [5, 5.41) is 0. The van der Waals surface area contributed by atoms with E-state index in [-0.39, 0.29) is 0 Å². The highest BCUT2D eigenvalue weighted by Gasteiger charge is 2.12. The molecule has 0 aromatic heterocycles. The van der Waals surface area contributed by atoms with Crippen molar-refractivity contribution in [1.82, 2.24) is 0 Å². The fourth-order valence-electron chi connectivity index (χ4n) is 2.74. The number of benzene rings is 2. The first-order valence-electron chi connectivity index (χ1n) is 9.95. The monoisotopic (exact) mass is 422 g/mol. The molecule has 4 nitrogen and oxygen atoms in total. The van der Waals surface area contributed by atoms with Gasteiger partial charge in [0.25, 0.3) is 0 Å². The zero-order valence-electron chi connectivity index (χ0n) is 17.4. The van der Waals surface area contributed by atoms with Gasteiger partial charge >= 0.3 is 0 Å². The van der Waals surface area contributed by atoms with Crippen molar-refractivity contribution in [3.05, 3.63) is 59.7 Å². The molecule has 0 N–H and O–H groups in total. The van der Waals surface area contributed by atoms with E-state index in [9.17, 15) is 0 Å². The molecule has 2 rings (SSSR count). The Labute approximate surface area is 172 Å². The second-order valence-corrected chi connectivity index (χ2v) is 9.04. The van der Waals surface area contributed by atoms with Crippen LogP contribution in [-0.2, 0) is 30.4 Å². The van der Waals surface area contributed by atoms with Crippen molar-refractivity contribution in [3.8, 4) is 11.1 Å². The number of hydrogen-bond donors (Lipinski definition) is 0. The maximum Gasteiger partial charge on any atom is 0.175 e. The average Bonchev–Trinajstić information content (AvgIpc) is 2.70. The zero-order valence-corrected chi connectivity index (χ0v) is 19.2. The van der Waals surface area contributed by atoms with E-state index in [2.05, 4.69) is 48.5 Å². The number of hydrogen-bond acceptors (Lipinski definition) is 4. The van der Waals surface area contributed by atoms with Gasteiger partial charge in [0.1, 0.15) is 0 Å². The van der Waals surface area contributed by atoms with Gasteiger partial charge in [-0.05, 0) is 49.9 Å². The Morgan fingerprint density at radius 1 is 0.500 bits per heavy atom. The third-order valence-electron chi connectivity index (χ3n) is 3.96. The predicted molar refractivity (Wildman–Crippen MR) is 120 cm³/mol. The maximum atomic E-state index is 5.70. The second-order valence-electron chi connectivity index (χ2n) is 6.05. The third-order valence-corrected chi connectivity index (χ3v) is 7.39. The van der Waals surface area contributed by atoms with E-state index in [1.807, 2.05) is 27.7 Å². The molecule has 0 aliphatic rings. The lowest BCUT2D eigenvalue weighted by atomic mass is 10.0. The average molecular weight is 422 g/mol. The molecule has 0 saturated heterocycles. The van der Waals surface area contributed by atoms with Gasteiger partial charge in [-0.3, -0.25) is 0 Å². The summed E-state index contributed by atoms with van der Waals surface area (Å²) in [7, 11) is -1.69.